The van der Waals surface area contributed by atoms with Crippen LogP contribution >= 0.6 is 0 Å². The van der Waals surface area contributed by atoms with Gasteiger partial charge in [-0.05, 0) is 38.8 Å². The predicted molar refractivity (Wildman–Crippen MR) is 72.4 cm³/mol. The first-order valence-electron chi connectivity index (χ1n) is 6.65. The average Bonchev–Trinajstić information content (AvgIpc) is 2.92. The van der Waals surface area contributed by atoms with Crippen LogP contribution in [0.5, 0.6) is 5.75 Å². The highest BCUT2D eigenvalue weighted by Crippen LogP contribution is 2.21. The lowest BCUT2D eigenvalue weighted by Gasteiger charge is -2.22. The molecule has 0 aromatic heterocycles. The fourth-order valence-corrected chi connectivity index (χ4v) is 2.30. The van der Waals surface area contributed by atoms with E-state index >= 15 is 0 Å². The highest BCUT2D eigenvalue weighted by Gasteiger charge is 2.25. The van der Waals surface area contributed by atoms with Crippen molar-refractivity contribution in [2.75, 3.05) is 13.1 Å². The molecular formula is C15H19NO3. The third-order valence-electron chi connectivity index (χ3n) is 3.34. The Morgan fingerprint density at radius 2 is 1.84 bits per heavy atom. The Labute approximate surface area is 113 Å². The van der Waals surface area contributed by atoms with Crippen LogP contribution in [-0.4, -0.2) is 35.8 Å². The van der Waals surface area contributed by atoms with E-state index in [1.165, 1.54) is 6.92 Å². The Hall–Kier alpha value is -1.84. The van der Waals surface area contributed by atoms with Crippen LogP contribution in [0.15, 0.2) is 24.3 Å². The van der Waals surface area contributed by atoms with Crippen molar-refractivity contribution in [2.45, 2.75) is 32.8 Å². The van der Waals surface area contributed by atoms with E-state index in [0.29, 0.717) is 11.3 Å². The van der Waals surface area contributed by atoms with Gasteiger partial charge < -0.3 is 9.64 Å². The van der Waals surface area contributed by atoms with Crippen molar-refractivity contribution in [1.29, 1.82) is 0 Å². The van der Waals surface area contributed by atoms with Crippen LogP contribution in [0.1, 0.15) is 37.0 Å². The lowest BCUT2D eigenvalue weighted by atomic mass is 10.1. The van der Waals surface area contributed by atoms with Crippen molar-refractivity contribution in [2.24, 2.45) is 0 Å². The third-order valence-corrected chi connectivity index (χ3v) is 3.34. The van der Waals surface area contributed by atoms with Gasteiger partial charge in [0.1, 0.15) is 5.75 Å². The van der Waals surface area contributed by atoms with Crippen LogP contribution in [0.4, 0.5) is 0 Å². The third kappa shape index (κ3) is 3.13. The lowest BCUT2D eigenvalue weighted by molar-refractivity contribution is -0.136. The summed E-state index contributed by atoms with van der Waals surface area (Å²) < 4.78 is 5.67. The number of Topliss-reactive ketones (excluding diaryl/α,β-unsaturated/α-hetero) is 1. The molecule has 1 aromatic carbocycles. The number of hydrogen-bond donors (Lipinski definition) is 0. The summed E-state index contributed by atoms with van der Waals surface area (Å²) in [4.78, 5) is 25.5. The minimum Gasteiger partial charge on any atom is -0.480 e. The quantitative estimate of drug-likeness (QED) is 0.781. The molecule has 0 spiro atoms. The average molecular weight is 261 g/mol. The number of rotatable bonds is 4. The van der Waals surface area contributed by atoms with Gasteiger partial charge in [-0.25, -0.2) is 0 Å². The van der Waals surface area contributed by atoms with Crippen LogP contribution in [0.25, 0.3) is 0 Å². The Bertz CT molecular complexity index is 478. The standard InChI is InChI=1S/C15H19NO3/c1-11(17)13-7-3-4-8-14(13)19-12(2)15(18)16-9-5-6-10-16/h3-4,7-8,12H,5-6,9-10H2,1-2H3. The van der Waals surface area contributed by atoms with Gasteiger partial charge in [0.2, 0.25) is 0 Å². The number of para-hydroxylation sites is 1. The molecule has 2 rings (SSSR count). The topological polar surface area (TPSA) is 46.6 Å². The Balaban J connectivity index is 2.08. The van der Waals surface area contributed by atoms with Crippen LogP contribution in [-0.2, 0) is 4.79 Å². The number of ketones is 1. The number of benzene rings is 1. The van der Waals surface area contributed by atoms with Crippen molar-refractivity contribution in [3.63, 3.8) is 0 Å². The second kappa shape index (κ2) is 5.87. The Kier molecular flexibility index (Phi) is 4.20. The van der Waals surface area contributed by atoms with E-state index < -0.39 is 6.10 Å². The fourth-order valence-electron chi connectivity index (χ4n) is 2.30. The van der Waals surface area contributed by atoms with Crippen molar-refractivity contribution >= 4 is 11.7 Å². The summed E-state index contributed by atoms with van der Waals surface area (Å²) in [5.41, 5.74) is 0.517. The van der Waals surface area contributed by atoms with E-state index in [1.807, 2.05) is 4.90 Å². The number of ether oxygens (including phenoxy) is 1. The minimum atomic E-state index is -0.557. The first kappa shape index (κ1) is 13.6. The summed E-state index contributed by atoms with van der Waals surface area (Å²) in [5.74, 6) is 0.419. The maximum atomic E-state index is 12.1. The predicted octanol–water partition coefficient (Wildman–Crippen LogP) is 2.28. The number of likely N-dealkylation sites (tertiary alicyclic amines) is 1. The second-order valence-corrected chi connectivity index (χ2v) is 4.84. The second-order valence-electron chi connectivity index (χ2n) is 4.84. The van der Waals surface area contributed by atoms with Crippen LogP contribution in [0.2, 0.25) is 0 Å². The van der Waals surface area contributed by atoms with E-state index in [2.05, 4.69) is 0 Å². The molecule has 1 amide bonds. The van der Waals surface area contributed by atoms with Gasteiger partial charge in [0.25, 0.3) is 5.91 Å². The maximum Gasteiger partial charge on any atom is 0.263 e. The molecule has 1 aliphatic heterocycles. The molecule has 4 heteroatoms. The van der Waals surface area contributed by atoms with Crippen LogP contribution in [0, 0.1) is 0 Å². The molecule has 1 aliphatic rings. The van der Waals surface area contributed by atoms with E-state index in [-0.39, 0.29) is 11.7 Å². The molecule has 1 aromatic rings. The summed E-state index contributed by atoms with van der Waals surface area (Å²) in [7, 11) is 0. The zero-order valence-electron chi connectivity index (χ0n) is 11.4. The maximum absolute atomic E-state index is 12.1. The molecule has 0 radical (unpaired) electrons. The monoisotopic (exact) mass is 261 g/mol. The molecule has 1 unspecified atom stereocenters. The number of nitrogens with zero attached hydrogens (tertiary/aromatic N) is 1. The summed E-state index contributed by atoms with van der Waals surface area (Å²) >= 11 is 0. The fraction of sp³-hybridized carbons (Fsp3) is 0.467. The summed E-state index contributed by atoms with van der Waals surface area (Å²) in [6, 6.07) is 7.03. The van der Waals surface area contributed by atoms with E-state index in [4.69, 9.17) is 4.74 Å². The molecule has 0 N–H and O–H groups in total. The van der Waals surface area contributed by atoms with Crippen LogP contribution < -0.4 is 4.74 Å². The number of carbonyl (C=O) groups excluding carboxylic acids is 2. The van der Waals surface area contributed by atoms with Gasteiger partial charge >= 0.3 is 0 Å². The molecule has 19 heavy (non-hydrogen) atoms. The van der Waals surface area contributed by atoms with Gasteiger partial charge in [-0.3, -0.25) is 9.59 Å². The number of hydrogen-bond acceptors (Lipinski definition) is 3. The molecule has 1 saturated heterocycles. The minimum absolute atomic E-state index is 0.00384. The molecule has 0 aliphatic carbocycles. The van der Waals surface area contributed by atoms with E-state index in [1.54, 1.807) is 31.2 Å². The summed E-state index contributed by atoms with van der Waals surface area (Å²) in [6.07, 6.45) is 1.56. The van der Waals surface area contributed by atoms with Crippen molar-refractivity contribution in [3.8, 4) is 5.75 Å². The molecular weight excluding hydrogens is 242 g/mol. The SMILES string of the molecule is CC(=O)c1ccccc1OC(C)C(=O)N1CCCC1. The number of carbonyl (C=O) groups is 2. The van der Waals surface area contributed by atoms with Gasteiger partial charge in [0.05, 0.1) is 5.56 Å². The number of amides is 1. The van der Waals surface area contributed by atoms with Crippen molar-refractivity contribution in [1.82, 2.24) is 4.90 Å². The molecule has 1 fully saturated rings. The summed E-state index contributed by atoms with van der Waals surface area (Å²) in [6.45, 7) is 4.84. The Morgan fingerprint density at radius 3 is 2.47 bits per heavy atom. The van der Waals surface area contributed by atoms with Gasteiger partial charge in [0.15, 0.2) is 11.9 Å². The van der Waals surface area contributed by atoms with Crippen molar-refractivity contribution < 1.29 is 14.3 Å². The Morgan fingerprint density at radius 1 is 1.21 bits per heavy atom. The van der Waals surface area contributed by atoms with Gasteiger partial charge in [0, 0.05) is 13.1 Å². The highest BCUT2D eigenvalue weighted by molar-refractivity contribution is 5.96. The normalized spacial score (nSPS) is 16.2. The lowest BCUT2D eigenvalue weighted by Crippen LogP contribution is -2.38. The van der Waals surface area contributed by atoms with Crippen molar-refractivity contribution in [3.05, 3.63) is 29.8 Å². The van der Waals surface area contributed by atoms with Gasteiger partial charge in [-0.2, -0.15) is 0 Å². The summed E-state index contributed by atoms with van der Waals surface area (Å²) in [5, 5.41) is 0. The molecule has 1 atom stereocenters. The molecule has 1 heterocycles. The van der Waals surface area contributed by atoms with Crippen LogP contribution in [0.3, 0.4) is 0 Å². The molecule has 0 bridgehead atoms. The molecule has 4 nitrogen and oxygen atoms in total. The van der Waals surface area contributed by atoms with E-state index in [0.717, 1.165) is 25.9 Å². The smallest absolute Gasteiger partial charge is 0.263 e. The first-order valence-corrected chi connectivity index (χ1v) is 6.65. The largest absolute Gasteiger partial charge is 0.480 e. The van der Waals surface area contributed by atoms with Gasteiger partial charge in [-0.1, -0.05) is 12.1 Å². The zero-order chi connectivity index (χ0) is 13.8. The van der Waals surface area contributed by atoms with E-state index in [9.17, 15) is 9.59 Å². The van der Waals surface area contributed by atoms with Gasteiger partial charge in [-0.15, -0.1) is 0 Å². The highest BCUT2D eigenvalue weighted by atomic mass is 16.5. The molecule has 0 saturated carbocycles. The first-order chi connectivity index (χ1) is 9.09. The zero-order valence-corrected chi connectivity index (χ0v) is 11.4. The molecule has 102 valence electrons.